The van der Waals surface area contributed by atoms with E-state index in [0.29, 0.717) is 6.04 Å². The summed E-state index contributed by atoms with van der Waals surface area (Å²) < 4.78 is 2.25. The third-order valence-electron chi connectivity index (χ3n) is 3.89. The van der Waals surface area contributed by atoms with Crippen molar-refractivity contribution in [3.05, 3.63) is 23.5 Å². The van der Waals surface area contributed by atoms with Gasteiger partial charge in [-0.3, -0.25) is 0 Å². The molecular formula is C15H26N2O. The SMILES string of the molecule is CNC1CCCCc2cn(CCC(C)(C)O)cc21. The van der Waals surface area contributed by atoms with Crippen LogP contribution in [0.25, 0.3) is 0 Å². The molecule has 102 valence electrons. The molecule has 0 spiro atoms. The second kappa shape index (κ2) is 5.45. The maximum absolute atomic E-state index is 9.80. The van der Waals surface area contributed by atoms with Gasteiger partial charge < -0.3 is 15.0 Å². The Morgan fingerprint density at radius 2 is 2.17 bits per heavy atom. The molecule has 2 N–H and O–H groups in total. The Labute approximate surface area is 110 Å². The van der Waals surface area contributed by atoms with E-state index in [1.807, 2.05) is 20.9 Å². The summed E-state index contributed by atoms with van der Waals surface area (Å²) >= 11 is 0. The summed E-state index contributed by atoms with van der Waals surface area (Å²) in [6, 6.07) is 0.505. The number of nitrogens with one attached hydrogen (secondary N) is 1. The van der Waals surface area contributed by atoms with Crippen LogP contribution in [-0.4, -0.2) is 22.3 Å². The fourth-order valence-electron chi connectivity index (χ4n) is 2.75. The highest BCUT2D eigenvalue weighted by Crippen LogP contribution is 2.29. The van der Waals surface area contributed by atoms with Crippen LogP contribution in [0.1, 0.15) is 56.7 Å². The maximum Gasteiger partial charge on any atom is 0.0608 e. The van der Waals surface area contributed by atoms with Crippen molar-refractivity contribution in [1.29, 1.82) is 0 Å². The van der Waals surface area contributed by atoms with Crippen LogP contribution in [0, 0.1) is 0 Å². The minimum atomic E-state index is -0.579. The van der Waals surface area contributed by atoms with Crippen LogP contribution in [0.5, 0.6) is 0 Å². The lowest BCUT2D eigenvalue weighted by atomic mass is 10.0. The Bertz CT molecular complexity index is 390. The number of hydrogen-bond acceptors (Lipinski definition) is 2. The molecule has 0 saturated carbocycles. The second-order valence-electron chi connectivity index (χ2n) is 6.13. The molecule has 3 heteroatoms. The molecule has 0 saturated heterocycles. The Morgan fingerprint density at radius 1 is 1.39 bits per heavy atom. The van der Waals surface area contributed by atoms with Crippen LogP contribution >= 0.6 is 0 Å². The molecule has 18 heavy (non-hydrogen) atoms. The van der Waals surface area contributed by atoms with E-state index in [4.69, 9.17) is 0 Å². The number of rotatable bonds is 4. The van der Waals surface area contributed by atoms with E-state index in [0.717, 1.165) is 13.0 Å². The molecule has 0 radical (unpaired) electrons. The van der Waals surface area contributed by atoms with Crippen molar-refractivity contribution in [3.8, 4) is 0 Å². The van der Waals surface area contributed by atoms with Gasteiger partial charge in [0.2, 0.25) is 0 Å². The first kappa shape index (κ1) is 13.6. The summed E-state index contributed by atoms with van der Waals surface area (Å²) in [6.45, 7) is 4.64. The van der Waals surface area contributed by atoms with E-state index in [2.05, 4.69) is 22.3 Å². The monoisotopic (exact) mass is 250 g/mol. The molecule has 0 aliphatic heterocycles. The van der Waals surface area contributed by atoms with E-state index in [-0.39, 0.29) is 0 Å². The van der Waals surface area contributed by atoms with Crippen molar-refractivity contribution < 1.29 is 5.11 Å². The lowest BCUT2D eigenvalue weighted by Gasteiger charge is -2.17. The van der Waals surface area contributed by atoms with E-state index in [1.54, 1.807) is 0 Å². The Hall–Kier alpha value is -0.800. The molecule has 1 aliphatic carbocycles. The van der Waals surface area contributed by atoms with Gasteiger partial charge >= 0.3 is 0 Å². The molecule has 0 fully saturated rings. The molecule has 1 aromatic rings. The van der Waals surface area contributed by atoms with Gasteiger partial charge in [0.15, 0.2) is 0 Å². The Kier molecular flexibility index (Phi) is 4.13. The minimum Gasteiger partial charge on any atom is -0.390 e. The molecule has 3 nitrogen and oxygen atoms in total. The van der Waals surface area contributed by atoms with Gasteiger partial charge in [0.1, 0.15) is 0 Å². The first-order valence-electron chi connectivity index (χ1n) is 7.08. The van der Waals surface area contributed by atoms with Crippen molar-refractivity contribution in [3.63, 3.8) is 0 Å². The standard InChI is InChI=1S/C15H26N2O/c1-15(2,18)8-9-17-10-12-6-4-5-7-14(16-3)13(12)11-17/h10-11,14,16,18H,4-9H2,1-3H3. The lowest BCUT2D eigenvalue weighted by Crippen LogP contribution is -2.20. The first-order chi connectivity index (χ1) is 8.49. The van der Waals surface area contributed by atoms with E-state index in [9.17, 15) is 5.11 Å². The maximum atomic E-state index is 9.80. The summed E-state index contributed by atoms with van der Waals surface area (Å²) in [5.74, 6) is 0. The predicted molar refractivity (Wildman–Crippen MR) is 74.7 cm³/mol. The smallest absolute Gasteiger partial charge is 0.0608 e. The average molecular weight is 250 g/mol. The van der Waals surface area contributed by atoms with Gasteiger partial charge in [-0.25, -0.2) is 0 Å². The highest BCUT2D eigenvalue weighted by molar-refractivity contribution is 5.29. The molecule has 1 unspecified atom stereocenters. The van der Waals surface area contributed by atoms with Gasteiger partial charge in [0, 0.05) is 25.0 Å². The molecule has 1 atom stereocenters. The Morgan fingerprint density at radius 3 is 2.83 bits per heavy atom. The van der Waals surface area contributed by atoms with E-state index in [1.165, 1.54) is 36.8 Å². The van der Waals surface area contributed by atoms with Crippen LogP contribution in [0.2, 0.25) is 0 Å². The molecule has 1 heterocycles. The van der Waals surface area contributed by atoms with Crippen LogP contribution < -0.4 is 5.32 Å². The average Bonchev–Trinajstić information content (AvgIpc) is 2.60. The summed E-state index contributed by atoms with van der Waals surface area (Å²) in [5.41, 5.74) is 2.37. The topological polar surface area (TPSA) is 37.2 Å². The molecule has 0 bridgehead atoms. The molecular weight excluding hydrogens is 224 g/mol. The zero-order valence-corrected chi connectivity index (χ0v) is 11.9. The molecule has 0 amide bonds. The quantitative estimate of drug-likeness (QED) is 0.806. The molecule has 1 aliphatic rings. The lowest BCUT2D eigenvalue weighted by molar-refractivity contribution is 0.0662. The van der Waals surface area contributed by atoms with Crippen LogP contribution in [-0.2, 0) is 13.0 Å². The highest BCUT2D eigenvalue weighted by atomic mass is 16.3. The van der Waals surface area contributed by atoms with Gasteiger partial charge in [-0.2, -0.15) is 0 Å². The zero-order chi connectivity index (χ0) is 13.2. The molecule has 1 aromatic heterocycles. The molecule has 0 aromatic carbocycles. The number of nitrogens with zero attached hydrogens (tertiary/aromatic N) is 1. The largest absolute Gasteiger partial charge is 0.390 e. The van der Waals surface area contributed by atoms with Gasteiger partial charge in [0.25, 0.3) is 0 Å². The number of aliphatic hydroxyl groups is 1. The summed E-state index contributed by atoms with van der Waals surface area (Å²) in [7, 11) is 2.05. The second-order valence-corrected chi connectivity index (χ2v) is 6.13. The van der Waals surface area contributed by atoms with Crippen LogP contribution in [0.15, 0.2) is 12.4 Å². The van der Waals surface area contributed by atoms with Gasteiger partial charge in [-0.15, -0.1) is 0 Å². The summed E-state index contributed by atoms with van der Waals surface area (Å²) in [4.78, 5) is 0. The van der Waals surface area contributed by atoms with Crippen molar-refractivity contribution >= 4 is 0 Å². The normalized spacial score (nSPS) is 20.6. The highest BCUT2D eigenvalue weighted by Gasteiger charge is 2.20. The fraction of sp³-hybridized carbons (Fsp3) is 0.733. The minimum absolute atomic E-state index is 0.505. The predicted octanol–water partition coefficient (Wildman–Crippen LogP) is 2.64. The van der Waals surface area contributed by atoms with Crippen molar-refractivity contribution in [2.24, 2.45) is 0 Å². The van der Waals surface area contributed by atoms with E-state index >= 15 is 0 Å². The van der Waals surface area contributed by atoms with Gasteiger partial charge in [-0.1, -0.05) is 6.42 Å². The number of hydrogen-bond donors (Lipinski definition) is 2. The van der Waals surface area contributed by atoms with Crippen molar-refractivity contribution in [2.45, 2.75) is 64.1 Å². The summed E-state index contributed by atoms with van der Waals surface area (Å²) in [5, 5.41) is 13.2. The third-order valence-corrected chi connectivity index (χ3v) is 3.89. The van der Waals surface area contributed by atoms with Crippen LogP contribution in [0.3, 0.4) is 0 Å². The zero-order valence-electron chi connectivity index (χ0n) is 11.9. The van der Waals surface area contributed by atoms with Gasteiger partial charge in [-0.05, 0) is 57.7 Å². The number of aryl methyl sites for hydroxylation is 2. The summed E-state index contributed by atoms with van der Waals surface area (Å²) in [6.07, 6.45) is 10.4. The number of fused-ring (bicyclic) bond motifs is 1. The van der Waals surface area contributed by atoms with Crippen LogP contribution in [0.4, 0.5) is 0 Å². The fourth-order valence-corrected chi connectivity index (χ4v) is 2.75. The number of aromatic nitrogens is 1. The van der Waals surface area contributed by atoms with Gasteiger partial charge in [0.05, 0.1) is 5.60 Å². The van der Waals surface area contributed by atoms with Crippen molar-refractivity contribution in [1.82, 2.24) is 9.88 Å². The Balaban J connectivity index is 2.11. The third kappa shape index (κ3) is 3.36. The molecule has 2 rings (SSSR count). The van der Waals surface area contributed by atoms with Crippen molar-refractivity contribution in [2.75, 3.05) is 7.05 Å². The first-order valence-corrected chi connectivity index (χ1v) is 7.08. The van der Waals surface area contributed by atoms with E-state index < -0.39 is 5.60 Å².